The van der Waals surface area contributed by atoms with Crippen LogP contribution in [0.5, 0.6) is 0 Å². The molecule has 1 aromatic heterocycles. The Kier molecular flexibility index (Phi) is 3.69. The van der Waals surface area contributed by atoms with Gasteiger partial charge in [-0.05, 0) is 59.3 Å². The van der Waals surface area contributed by atoms with Crippen molar-refractivity contribution in [2.75, 3.05) is 0 Å². The van der Waals surface area contributed by atoms with Gasteiger partial charge in [0.05, 0.1) is 4.83 Å². The lowest BCUT2D eigenvalue weighted by atomic mass is 10.00. The molecule has 3 heteroatoms. The van der Waals surface area contributed by atoms with Gasteiger partial charge in [0.25, 0.3) is 0 Å². The highest BCUT2D eigenvalue weighted by Crippen LogP contribution is 2.35. The van der Waals surface area contributed by atoms with Crippen LogP contribution >= 0.6 is 27.3 Å². The zero-order chi connectivity index (χ0) is 12.6. The van der Waals surface area contributed by atoms with Gasteiger partial charge in [-0.3, -0.25) is 0 Å². The van der Waals surface area contributed by atoms with Gasteiger partial charge in [0.15, 0.2) is 0 Å². The van der Waals surface area contributed by atoms with Gasteiger partial charge in [0.1, 0.15) is 5.82 Å². The molecule has 1 atom stereocenters. The average Bonchev–Trinajstić information content (AvgIpc) is 2.70. The maximum Gasteiger partial charge on any atom is 0.129 e. The van der Waals surface area contributed by atoms with Crippen molar-refractivity contribution in [2.24, 2.45) is 0 Å². The molecule has 1 heterocycles. The summed E-state index contributed by atoms with van der Waals surface area (Å²) in [4.78, 5) is 0.145. The summed E-state index contributed by atoms with van der Waals surface area (Å²) in [5.41, 5.74) is 5.06. The molecular weight excluding hydrogens is 299 g/mol. The Labute approximate surface area is 114 Å². The predicted molar refractivity (Wildman–Crippen MR) is 75.7 cm³/mol. The molecule has 0 fully saturated rings. The summed E-state index contributed by atoms with van der Waals surface area (Å²) in [6, 6.07) is 3.83. The van der Waals surface area contributed by atoms with Crippen molar-refractivity contribution in [3.05, 3.63) is 56.5 Å². The first-order valence-corrected chi connectivity index (χ1v) is 7.30. The Morgan fingerprint density at radius 3 is 2.12 bits per heavy atom. The first-order chi connectivity index (χ1) is 8.00. The fraction of sp³-hybridized carbons (Fsp3) is 0.286. The van der Waals surface area contributed by atoms with Crippen molar-refractivity contribution >= 4 is 27.3 Å². The van der Waals surface area contributed by atoms with E-state index in [1.165, 1.54) is 11.1 Å². The van der Waals surface area contributed by atoms with Crippen molar-refractivity contribution in [1.29, 1.82) is 0 Å². The molecule has 0 radical (unpaired) electrons. The van der Waals surface area contributed by atoms with Crippen LogP contribution in [0.2, 0.25) is 0 Å². The summed E-state index contributed by atoms with van der Waals surface area (Å²) in [5, 5.41) is 4.27. The van der Waals surface area contributed by atoms with Crippen LogP contribution in [-0.2, 0) is 0 Å². The number of benzene rings is 1. The monoisotopic (exact) mass is 312 g/mol. The van der Waals surface area contributed by atoms with E-state index in [0.29, 0.717) is 11.1 Å². The SMILES string of the molecule is Cc1cscc1C(Br)c1cc(C)c(F)c(C)c1. The number of hydrogen-bond acceptors (Lipinski definition) is 1. The second-order valence-electron chi connectivity index (χ2n) is 4.34. The van der Waals surface area contributed by atoms with Crippen molar-refractivity contribution in [1.82, 2.24) is 0 Å². The van der Waals surface area contributed by atoms with E-state index in [1.807, 2.05) is 26.0 Å². The van der Waals surface area contributed by atoms with Gasteiger partial charge in [-0.2, -0.15) is 11.3 Å². The van der Waals surface area contributed by atoms with Crippen LogP contribution < -0.4 is 0 Å². The van der Waals surface area contributed by atoms with Gasteiger partial charge in [-0.25, -0.2) is 4.39 Å². The van der Waals surface area contributed by atoms with Crippen LogP contribution in [0.25, 0.3) is 0 Å². The largest absolute Gasteiger partial charge is 0.206 e. The normalized spacial score (nSPS) is 12.8. The fourth-order valence-corrected chi connectivity index (χ4v) is 3.74. The maximum absolute atomic E-state index is 13.6. The lowest BCUT2D eigenvalue weighted by Crippen LogP contribution is -1.97. The summed E-state index contributed by atoms with van der Waals surface area (Å²) >= 11 is 5.40. The molecule has 0 aliphatic carbocycles. The summed E-state index contributed by atoms with van der Waals surface area (Å²) in [5.74, 6) is -0.101. The number of halogens is 2. The highest BCUT2D eigenvalue weighted by molar-refractivity contribution is 9.09. The topological polar surface area (TPSA) is 0 Å². The average molecular weight is 313 g/mol. The van der Waals surface area contributed by atoms with Gasteiger partial charge in [-0.15, -0.1) is 0 Å². The zero-order valence-electron chi connectivity index (χ0n) is 10.1. The number of aryl methyl sites for hydroxylation is 3. The summed E-state index contributed by atoms with van der Waals surface area (Å²) in [6.45, 7) is 5.72. The van der Waals surface area contributed by atoms with Crippen molar-refractivity contribution < 1.29 is 4.39 Å². The molecule has 0 amide bonds. The van der Waals surface area contributed by atoms with Gasteiger partial charge >= 0.3 is 0 Å². The predicted octanol–water partition coefficient (Wildman–Crippen LogP) is 5.30. The Morgan fingerprint density at radius 2 is 1.65 bits per heavy atom. The van der Waals surface area contributed by atoms with Crippen LogP contribution in [-0.4, -0.2) is 0 Å². The van der Waals surface area contributed by atoms with E-state index in [9.17, 15) is 4.39 Å². The third kappa shape index (κ3) is 2.45. The molecule has 0 N–H and O–H groups in total. The number of alkyl halides is 1. The molecular formula is C14H14BrFS. The molecule has 0 aliphatic rings. The third-order valence-electron chi connectivity index (χ3n) is 2.92. The van der Waals surface area contributed by atoms with Gasteiger partial charge in [-0.1, -0.05) is 28.1 Å². The number of rotatable bonds is 2. The first-order valence-electron chi connectivity index (χ1n) is 5.44. The molecule has 2 rings (SSSR count). The third-order valence-corrected chi connectivity index (χ3v) is 4.82. The molecule has 90 valence electrons. The molecule has 0 bridgehead atoms. The minimum atomic E-state index is -0.101. The van der Waals surface area contributed by atoms with Gasteiger partial charge in [0.2, 0.25) is 0 Å². The molecule has 0 spiro atoms. The van der Waals surface area contributed by atoms with Crippen molar-refractivity contribution in [2.45, 2.75) is 25.6 Å². The molecule has 0 saturated heterocycles. The van der Waals surface area contributed by atoms with E-state index in [4.69, 9.17) is 0 Å². The quantitative estimate of drug-likeness (QED) is 0.660. The van der Waals surface area contributed by atoms with E-state index >= 15 is 0 Å². The molecule has 0 aliphatic heterocycles. The number of thiophene rings is 1. The molecule has 1 aromatic carbocycles. The molecule has 17 heavy (non-hydrogen) atoms. The number of hydrogen-bond donors (Lipinski definition) is 0. The Hall–Kier alpha value is -0.670. The van der Waals surface area contributed by atoms with E-state index in [1.54, 1.807) is 11.3 Å². The minimum absolute atomic E-state index is 0.101. The van der Waals surface area contributed by atoms with Crippen LogP contribution in [0, 0.1) is 26.6 Å². The summed E-state index contributed by atoms with van der Waals surface area (Å²) in [6.07, 6.45) is 0. The lowest BCUT2D eigenvalue weighted by Gasteiger charge is -2.13. The van der Waals surface area contributed by atoms with Crippen molar-refractivity contribution in [3.63, 3.8) is 0 Å². The standard InChI is InChI=1S/C14H14BrFS/c1-8-4-11(5-9(2)14(8)16)13(15)12-7-17-6-10(12)3/h4-7,13H,1-3H3. The second-order valence-corrected chi connectivity index (χ2v) is 6.00. The Balaban J connectivity index is 2.45. The fourth-order valence-electron chi connectivity index (χ4n) is 1.94. The Bertz CT molecular complexity index is 522. The van der Waals surface area contributed by atoms with E-state index in [-0.39, 0.29) is 10.6 Å². The van der Waals surface area contributed by atoms with Crippen LogP contribution in [0.1, 0.15) is 32.6 Å². The van der Waals surface area contributed by atoms with Crippen LogP contribution in [0.4, 0.5) is 4.39 Å². The minimum Gasteiger partial charge on any atom is -0.206 e. The molecule has 1 unspecified atom stereocenters. The van der Waals surface area contributed by atoms with Gasteiger partial charge < -0.3 is 0 Å². The van der Waals surface area contributed by atoms with Crippen LogP contribution in [0.3, 0.4) is 0 Å². The van der Waals surface area contributed by atoms with E-state index < -0.39 is 0 Å². The molecule has 2 aromatic rings. The van der Waals surface area contributed by atoms with Gasteiger partial charge in [0, 0.05) is 0 Å². The zero-order valence-corrected chi connectivity index (χ0v) is 12.5. The molecule has 0 nitrogen and oxygen atoms in total. The van der Waals surface area contributed by atoms with Crippen molar-refractivity contribution in [3.8, 4) is 0 Å². The van der Waals surface area contributed by atoms with E-state index in [2.05, 4.69) is 33.6 Å². The molecule has 0 saturated carbocycles. The maximum atomic E-state index is 13.6. The summed E-state index contributed by atoms with van der Waals surface area (Å²) < 4.78 is 13.6. The Morgan fingerprint density at radius 1 is 1.06 bits per heavy atom. The van der Waals surface area contributed by atoms with Crippen LogP contribution in [0.15, 0.2) is 22.9 Å². The summed E-state index contributed by atoms with van der Waals surface area (Å²) in [7, 11) is 0. The highest BCUT2D eigenvalue weighted by Gasteiger charge is 2.15. The highest BCUT2D eigenvalue weighted by atomic mass is 79.9. The lowest BCUT2D eigenvalue weighted by molar-refractivity contribution is 0.608. The first kappa shape index (κ1) is 12.8. The van der Waals surface area contributed by atoms with E-state index in [0.717, 1.165) is 5.56 Å². The smallest absolute Gasteiger partial charge is 0.129 e. The second kappa shape index (κ2) is 4.91.